The minimum absolute atomic E-state index is 0.140. The fourth-order valence-corrected chi connectivity index (χ4v) is 4.74. The molecule has 0 aliphatic carbocycles. The van der Waals surface area contributed by atoms with Crippen molar-refractivity contribution in [2.75, 3.05) is 7.11 Å². The summed E-state index contributed by atoms with van der Waals surface area (Å²) in [6, 6.07) is 25.9. The fraction of sp³-hybridized carbons (Fsp3) is 0.103. The van der Waals surface area contributed by atoms with Crippen LogP contribution in [-0.4, -0.2) is 32.8 Å². The van der Waals surface area contributed by atoms with Gasteiger partial charge in [-0.25, -0.2) is 9.97 Å². The van der Waals surface area contributed by atoms with Crippen LogP contribution in [0.3, 0.4) is 0 Å². The van der Waals surface area contributed by atoms with Crippen LogP contribution in [0.4, 0.5) is 0 Å². The second-order valence-electron chi connectivity index (χ2n) is 8.57. The molecule has 0 bridgehead atoms. The van der Waals surface area contributed by atoms with E-state index in [1.165, 1.54) is 0 Å². The van der Waals surface area contributed by atoms with Crippen LogP contribution in [0.25, 0.3) is 39.0 Å². The molecule has 0 radical (unpaired) electrons. The van der Waals surface area contributed by atoms with Gasteiger partial charge in [0.05, 0.1) is 30.0 Å². The number of nitrogens with zero attached hydrogens (tertiary/aromatic N) is 4. The largest absolute Gasteiger partial charge is 0.480 e. The lowest BCUT2D eigenvalue weighted by Gasteiger charge is -2.20. The molecule has 0 atom stereocenters. The summed E-state index contributed by atoms with van der Waals surface area (Å²) in [5, 5.41) is 4.86. The third kappa shape index (κ3) is 3.51. The zero-order valence-corrected chi connectivity index (χ0v) is 19.4. The normalized spacial score (nSPS) is 13.3. The molecule has 1 aliphatic rings. The number of methoxy groups -OCH3 is 1. The number of hydrogen-bond acceptors (Lipinski definition) is 5. The molecule has 0 amide bonds. The van der Waals surface area contributed by atoms with Gasteiger partial charge in [0.15, 0.2) is 0 Å². The highest BCUT2D eigenvalue weighted by atomic mass is 16.5. The van der Waals surface area contributed by atoms with Crippen LogP contribution in [0, 0.1) is 0 Å². The van der Waals surface area contributed by atoms with E-state index in [9.17, 15) is 4.79 Å². The molecule has 3 aromatic carbocycles. The van der Waals surface area contributed by atoms with Gasteiger partial charge in [0, 0.05) is 23.1 Å². The maximum Gasteiger partial charge on any atom is 0.279 e. The van der Waals surface area contributed by atoms with E-state index in [0.29, 0.717) is 23.4 Å². The Morgan fingerprint density at radius 2 is 1.57 bits per heavy atom. The minimum Gasteiger partial charge on any atom is -0.480 e. The predicted octanol–water partition coefficient (Wildman–Crippen LogP) is 5.84. The summed E-state index contributed by atoms with van der Waals surface area (Å²) >= 11 is 0. The molecule has 6 nitrogen and oxygen atoms in total. The van der Waals surface area contributed by atoms with Crippen molar-refractivity contribution >= 4 is 22.5 Å². The Hall–Kier alpha value is -4.58. The minimum atomic E-state index is -0.140. The van der Waals surface area contributed by atoms with Crippen LogP contribution < -0.4 is 4.74 Å². The van der Waals surface area contributed by atoms with E-state index in [2.05, 4.69) is 22.1 Å². The summed E-state index contributed by atoms with van der Waals surface area (Å²) in [4.78, 5) is 22.8. The highest BCUT2D eigenvalue weighted by Gasteiger charge is 2.31. The SMILES string of the molecule is COc1cnc2ccc(C3=C(C)Cc4c(-c5ccccc5)c(-c5ccccc5)nn4C3=O)cc2n1. The topological polar surface area (TPSA) is 69.9 Å². The Balaban J connectivity index is 1.52. The first kappa shape index (κ1) is 21.0. The van der Waals surface area contributed by atoms with Crippen LogP contribution in [0.15, 0.2) is 90.6 Å². The Bertz CT molecular complexity index is 1620. The first-order chi connectivity index (χ1) is 17.1. The van der Waals surface area contributed by atoms with Crippen molar-refractivity contribution in [3.8, 4) is 28.3 Å². The summed E-state index contributed by atoms with van der Waals surface area (Å²) in [6.45, 7) is 2.02. The molecule has 6 heteroatoms. The molecule has 2 aromatic heterocycles. The summed E-state index contributed by atoms with van der Waals surface area (Å²) in [5.74, 6) is 0.294. The molecule has 5 aromatic rings. The molecule has 0 N–H and O–H groups in total. The standard InChI is InChI=1S/C29H22N4O2/c1-18-15-24-27(19-9-5-3-6-10-19)28(20-11-7-4-8-12-20)32-33(24)29(34)26(18)21-13-14-22-23(16-21)31-25(35-2)17-30-22/h3-14,16-17H,15H2,1-2H3. The molecule has 170 valence electrons. The molecule has 0 saturated carbocycles. The van der Waals surface area contributed by atoms with E-state index in [-0.39, 0.29) is 5.91 Å². The molecule has 0 unspecified atom stereocenters. The second kappa shape index (κ2) is 8.33. The molecule has 0 fully saturated rings. The van der Waals surface area contributed by atoms with Crippen molar-refractivity contribution in [2.45, 2.75) is 13.3 Å². The van der Waals surface area contributed by atoms with Gasteiger partial charge in [0.25, 0.3) is 5.91 Å². The molecule has 0 saturated heterocycles. The number of hydrogen-bond donors (Lipinski definition) is 0. The van der Waals surface area contributed by atoms with E-state index in [1.54, 1.807) is 18.0 Å². The van der Waals surface area contributed by atoms with Gasteiger partial charge in [-0.2, -0.15) is 9.78 Å². The number of carbonyl (C=O) groups is 1. The predicted molar refractivity (Wildman–Crippen MR) is 136 cm³/mol. The average Bonchev–Trinajstić information content (AvgIpc) is 3.29. The van der Waals surface area contributed by atoms with Gasteiger partial charge < -0.3 is 4.74 Å². The smallest absolute Gasteiger partial charge is 0.279 e. The first-order valence-electron chi connectivity index (χ1n) is 11.4. The zero-order chi connectivity index (χ0) is 23.9. The van der Waals surface area contributed by atoms with Crippen molar-refractivity contribution < 1.29 is 9.53 Å². The van der Waals surface area contributed by atoms with Crippen molar-refractivity contribution in [3.05, 3.63) is 102 Å². The maximum absolute atomic E-state index is 13.9. The van der Waals surface area contributed by atoms with Crippen molar-refractivity contribution in [1.82, 2.24) is 19.7 Å². The monoisotopic (exact) mass is 458 g/mol. The van der Waals surface area contributed by atoms with Gasteiger partial charge in [-0.1, -0.05) is 72.3 Å². The molecule has 0 spiro atoms. The summed E-state index contributed by atoms with van der Waals surface area (Å²) in [7, 11) is 1.56. The summed E-state index contributed by atoms with van der Waals surface area (Å²) in [6.07, 6.45) is 2.21. The maximum atomic E-state index is 13.9. The van der Waals surface area contributed by atoms with Crippen LogP contribution in [-0.2, 0) is 6.42 Å². The third-order valence-corrected chi connectivity index (χ3v) is 6.37. The Morgan fingerprint density at radius 1 is 0.857 bits per heavy atom. The number of aromatic nitrogens is 4. The Labute approximate surface area is 202 Å². The molecule has 35 heavy (non-hydrogen) atoms. The lowest BCUT2D eigenvalue weighted by atomic mass is 9.90. The van der Waals surface area contributed by atoms with Gasteiger partial charge in [-0.15, -0.1) is 0 Å². The number of fused-ring (bicyclic) bond motifs is 2. The van der Waals surface area contributed by atoms with E-state index in [1.807, 2.05) is 73.7 Å². The molecule has 6 rings (SSSR count). The number of ether oxygens (including phenoxy) is 1. The van der Waals surface area contributed by atoms with E-state index in [0.717, 1.165) is 44.7 Å². The molecule has 1 aliphatic heterocycles. The van der Waals surface area contributed by atoms with Crippen molar-refractivity contribution in [2.24, 2.45) is 0 Å². The van der Waals surface area contributed by atoms with Crippen molar-refractivity contribution in [1.29, 1.82) is 0 Å². The Morgan fingerprint density at radius 3 is 2.29 bits per heavy atom. The average molecular weight is 459 g/mol. The highest BCUT2D eigenvalue weighted by molar-refractivity contribution is 6.23. The number of benzene rings is 3. The molecular formula is C29H22N4O2. The van der Waals surface area contributed by atoms with Gasteiger partial charge in [-0.05, 0) is 30.2 Å². The third-order valence-electron chi connectivity index (χ3n) is 6.37. The fourth-order valence-electron chi connectivity index (χ4n) is 4.74. The van der Waals surface area contributed by atoms with Crippen LogP contribution >= 0.6 is 0 Å². The van der Waals surface area contributed by atoms with Gasteiger partial charge in [-0.3, -0.25) is 4.79 Å². The highest BCUT2D eigenvalue weighted by Crippen LogP contribution is 2.39. The van der Waals surface area contributed by atoms with Crippen molar-refractivity contribution in [3.63, 3.8) is 0 Å². The Kier molecular flexibility index (Phi) is 4.99. The van der Waals surface area contributed by atoms with Crippen LogP contribution in [0.5, 0.6) is 5.88 Å². The van der Waals surface area contributed by atoms with E-state index < -0.39 is 0 Å². The van der Waals surface area contributed by atoms with E-state index in [4.69, 9.17) is 9.84 Å². The number of rotatable bonds is 4. The summed E-state index contributed by atoms with van der Waals surface area (Å²) < 4.78 is 6.81. The summed E-state index contributed by atoms with van der Waals surface area (Å²) in [5.41, 5.74) is 8.60. The lowest BCUT2D eigenvalue weighted by molar-refractivity contribution is 0.0958. The second-order valence-corrected chi connectivity index (χ2v) is 8.57. The number of allylic oxidation sites excluding steroid dienone is 2. The van der Waals surface area contributed by atoms with E-state index >= 15 is 0 Å². The van der Waals surface area contributed by atoms with Gasteiger partial charge >= 0.3 is 0 Å². The lowest BCUT2D eigenvalue weighted by Crippen LogP contribution is -2.23. The quantitative estimate of drug-likeness (QED) is 0.338. The van der Waals surface area contributed by atoms with Crippen LogP contribution in [0.1, 0.15) is 23.0 Å². The number of carbonyl (C=O) groups excluding carboxylic acids is 1. The van der Waals surface area contributed by atoms with Crippen LogP contribution in [0.2, 0.25) is 0 Å². The zero-order valence-electron chi connectivity index (χ0n) is 19.4. The first-order valence-corrected chi connectivity index (χ1v) is 11.4. The molecule has 3 heterocycles. The van der Waals surface area contributed by atoms with Gasteiger partial charge in [0.2, 0.25) is 5.88 Å². The van der Waals surface area contributed by atoms with Gasteiger partial charge in [0.1, 0.15) is 5.69 Å². The molecular weight excluding hydrogens is 436 g/mol.